The van der Waals surface area contributed by atoms with Crippen LogP contribution >= 0.6 is 11.6 Å². The second-order valence-corrected chi connectivity index (χ2v) is 6.49. The average Bonchev–Trinajstić information content (AvgIpc) is 3.55. The van der Waals surface area contributed by atoms with Crippen LogP contribution in [0.25, 0.3) is 0 Å². The number of methoxy groups -OCH3 is 1. The summed E-state index contributed by atoms with van der Waals surface area (Å²) in [5.41, 5.74) is 7.79. The van der Waals surface area contributed by atoms with Gasteiger partial charge in [0.25, 0.3) is 0 Å². The number of aldehydes is 1. The molecule has 160 valence electrons. The molecule has 2 rings (SSSR count). The summed E-state index contributed by atoms with van der Waals surface area (Å²) in [4.78, 5) is 31.1. The minimum absolute atomic E-state index is 0.0902. The van der Waals surface area contributed by atoms with Gasteiger partial charge in [0.05, 0.1) is 18.8 Å². The molecular weight excluding hydrogens is 396 g/mol. The number of amides is 1. The van der Waals surface area contributed by atoms with E-state index in [2.05, 4.69) is 33.7 Å². The number of ether oxygens (including phenoxy) is 1. The Hall–Kier alpha value is -2.47. The third kappa shape index (κ3) is 10.6. The first-order chi connectivity index (χ1) is 14.0. The lowest BCUT2D eigenvalue weighted by Crippen LogP contribution is -2.44. The summed E-state index contributed by atoms with van der Waals surface area (Å²) in [5, 5.41) is 7.21. The number of aliphatic hydroxyl groups excluding tert-OH is 1. The number of allylic oxidation sites excluding steroid dienone is 1. The van der Waals surface area contributed by atoms with Crippen molar-refractivity contribution in [3.63, 3.8) is 0 Å². The SMILES string of the molecule is C#C.CO.COCC(/C=C1\CN=C(Cl)C(NNC(=O)CC2CC2)=N1)=C(/C)CC=O. The molecule has 9 heteroatoms. The standard InChI is InChI=1S/C17H23ClN4O3.C2H2.CH4O/c1-11(5-6-23)13(10-25-2)8-14-9-19-16(18)17(20-14)22-21-15(24)7-12-3-4-12;2*1-2/h6,8,12H,3-5,7,9-10H2,1-2H3,(H,20,22)(H,21,24);1-2H;2H,1H3/b13-11-,14-8+;;. The first kappa shape index (κ1) is 26.5. The lowest BCUT2D eigenvalue weighted by molar-refractivity contribution is -0.122. The van der Waals surface area contributed by atoms with E-state index in [9.17, 15) is 9.59 Å². The molecule has 1 saturated carbocycles. The fraction of sp³-hybridized carbons (Fsp3) is 0.500. The third-order valence-corrected chi connectivity index (χ3v) is 4.20. The molecule has 0 radical (unpaired) electrons. The van der Waals surface area contributed by atoms with Crippen LogP contribution < -0.4 is 10.9 Å². The monoisotopic (exact) mass is 424 g/mol. The number of nitrogens with zero attached hydrogens (tertiary/aromatic N) is 2. The number of halogens is 1. The summed E-state index contributed by atoms with van der Waals surface area (Å²) in [5.74, 6) is 0.706. The Bertz CT molecular complexity index is 692. The molecule has 0 aromatic rings. The van der Waals surface area contributed by atoms with Gasteiger partial charge in [0.15, 0.2) is 11.0 Å². The quantitative estimate of drug-likeness (QED) is 0.327. The Labute approximate surface area is 177 Å². The molecule has 0 unspecified atom stereocenters. The molecule has 1 aliphatic heterocycles. The third-order valence-electron chi connectivity index (χ3n) is 3.90. The lowest BCUT2D eigenvalue weighted by atomic mass is 10.1. The van der Waals surface area contributed by atoms with Gasteiger partial charge in [-0.15, -0.1) is 12.8 Å². The molecule has 0 atom stereocenters. The maximum absolute atomic E-state index is 11.8. The molecule has 1 fully saturated rings. The molecule has 0 saturated heterocycles. The number of amidine groups is 1. The predicted molar refractivity (Wildman–Crippen MR) is 116 cm³/mol. The van der Waals surface area contributed by atoms with Crippen molar-refractivity contribution in [1.29, 1.82) is 0 Å². The maximum atomic E-state index is 11.8. The van der Waals surface area contributed by atoms with Crippen LogP contribution in [0.1, 0.15) is 32.6 Å². The molecule has 29 heavy (non-hydrogen) atoms. The van der Waals surface area contributed by atoms with E-state index in [1.165, 1.54) is 0 Å². The van der Waals surface area contributed by atoms with E-state index in [1.807, 2.05) is 13.0 Å². The number of hydrogen-bond acceptors (Lipinski definition) is 7. The van der Waals surface area contributed by atoms with Gasteiger partial charge in [0, 0.05) is 27.1 Å². The molecule has 1 aliphatic carbocycles. The Morgan fingerprint density at radius 2 is 2.03 bits per heavy atom. The minimum Gasteiger partial charge on any atom is -0.400 e. The summed E-state index contributed by atoms with van der Waals surface area (Å²) >= 11 is 6.05. The van der Waals surface area contributed by atoms with Crippen molar-refractivity contribution in [1.82, 2.24) is 10.9 Å². The fourth-order valence-corrected chi connectivity index (χ4v) is 2.42. The zero-order valence-corrected chi connectivity index (χ0v) is 17.8. The van der Waals surface area contributed by atoms with Gasteiger partial charge in [-0.25, -0.2) is 4.99 Å². The van der Waals surface area contributed by atoms with Crippen molar-refractivity contribution in [2.45, 2.75) is 32.6 Å². The van der Waals surface area contributed by atoms with E-state index >= 15 is 0 Å². The summed E-state index contributed by atoms with van der Waals surface area (Å²) in [6.07, 6.45) is 13.7. The smallest absolute Gasteiger partial charge is 0.238 e. The largest absolute Gasteiger partial charge is 0.400 e. The molecular formula is C20H29ClN4O4. The number of hydrogen-bond donors (Lipinski definition) is 3. The van der Waals surface area contributed by atoms with Crippen molar-refractivity contribution >= 4 is 34.8 Å². The van der Waals surface area contributed by atoms with Gasteiger partial charge in [-0.3, -0.25) is 20.6 Å². The topological polar surface area (TPSA) is 112 Å². The summed E-state index contributed by atoms with van der Waals surface area (Å²) in [6, 6.07) is 0. The molecule has 0 bridgehead atoms. The molecule has 1 amide bonds. The van der Waals surface area contributed by atoms with Crippen LogP contribution in [0.5, 0.6) is 0 Å². The first-order valence-electron chi connectivity index (χ1n) is 8.97. The number of aliphatic imine (C=N–C) groups is 2. The predicted octanol–water partition coefficient (Wildman–Crippen LogP) is 1.75. The summed E-state index contributed by atoms with van der Waals surface area (Å²) in [7, 11) is 2.59. The van der Waals surface area contributed by atoms with Crippen molar-refractivity contribution < 1.29 is 19.4 Å². The minimum atomic E-state index is -0.0902. The molecule has 2 aliphatic rings. The van der Waals surface area contributed by atoms with Gasteiger partial charge in [-0.2, -0.15) is 0 Å². The van der Waals surface area contributed by atoms with Crippen LogP contribution in [0.2, 0.25) is 0 Å². The van der Waals surface area contributed by atoms with Gasteiger partial charge in [0.1, 0.15) is 6.29 Å². The number of carbonyl (C=O) groups excluding carboxylic acids is 2. The molecule has 0 aromatic carbocycles. The molecule has 0 spiro atoms. The van der Waals surface area contributed by atoms with Crippen molar-refractivity contribution in [3.8, 4) is 12.8 Å². The number of terminal acetylenes is 1. The van der Waals surface area contributed by atoms with Crippen LogP contribution in [0.4, 0.5) is 0 Å². The first-order valence-corrected chi connectivity index (χ1v) is 9.35. The van der Waals surface area contributed by atoms with Gasteiger partial charge < -0.3 is 14.6 Å². The molecule has 0 aromatic heterocycles. The Morgan fingerprint density at radius 1 is 1.38 bits per heavy atom. The number of hydrazine groups is 1. The van der Waals surface area contributed by atoms with E-state index in [0.29, 0.717) is 43.4 Å². The maximum Gasteiger partial charge on any atom is 0.238 e. The Morgan fingerprint density at radius 3 is 2.59 bits per heavy atom. The highest BCUT2D eigenvalue weighted by Crippen LogP contribution is 2.31. The van der Waals surface area contributed by atoms with E-state index < -0.39 is 0 Å². The van der Waals surface area contributed by atoms with Crippen LogP contribution in [0.3, 0.4) is 0 Å². The van der Waals surface area contributed by atoms with Crippen LogP contribution in [0, 0.1) is 18.8 Å². The van der Waals surface area contributed by atoms with Gasteiger partial charge in [-0.1, -0.05) is 17.2 Å². The highest BCUT2D eigenvalue weighted by Gasteiger charge is 2.24. The van der Waals surface area contributed by atoms with Crippen LogP contribution in [0.15, 0.2) is 32.9 Å². The second-order valence-electron chi connectivity index (χ2n) is 6.13. The van der Waals surface area contributed by atoms with Crippen molar-refractivity contribution in [2.75, 3.05) is 27.4 Å². The van der Waals surface area contributed by atoms with Gasteiger partial charge in [-0.05, 0) is 37.3 Å². The van der Waals surface area contributed by atoms with Crippen molar-refractivity contribution in [2.24, 2.45) is 15.9 Å². The van der Waals surface area contributed by atoms with Crippen molar-refractivity contribution in [3.05, 3.63) is 22.9 Å². The molecule has 8 nitrogen and oxygen atoms in total. The van der Waals surface area contributed by atoms with Crippen LogP contribution in [-0.2, 0) is 14.3 Å². The Kier molecular flexibility index (Phi) is 14.1. The molecule has 3 N–H and O–H groups in total. The van der Waals surface area contributed by atoms with E-state index in [1.54, 1.807) is 7.11 Å². The zero-order chi connectivity index (χ0) is 22.2. The van der Waals surface area contributed by atoms with Crippen LogP contribution in [-0.4, -0.2) is 55.7 Å². The fourth-order valence-electron chi connectivity index (χ4n) is 2.27. The molecule has 1 heterocycles. The normalized spacial score (nSPS) is 17.3. The highest BCUT2D eigenvalue weighted by molar-refractivity contribution is 6.83. The number of carbonyl (C=O) groups is 2. The van der Waals surface area contributed by atoms with E-state index in [4.69, 9.17) is 21.4 Å². The average molecular weight is 425 g/mol. The lowest BCUT2D eigenvalue weighted by Gasteiger charge is -2.15. The number of aliphatic hydroxyl groups is 1. The van der Waals surface area contributed by atoms with E-state index in [-0.39, 0.29) is 11.1 Å². The number of rotatable bonds is 7. The van der Waals surface area contributed by atoms with Gasteiger partial charge in [0.2, 0.25) is 5.91 Å². The highest BCUT2D eigenvalue weighted by atomic mass is 35.5. The summed E-state index contributed by atoms with van der Waals surface area (Å²) < 4.78 is 5.18. The van der Waals surface area contributed by atoms with E-state index in [0.717, 1.165) is 37.4 Å². The van der Waals surface area contributed by atoms with Gasteiger partial charge >= 0.3 is 0 Å². The number of nitrogens with one attached hydrogen (secondary N) is 2. The zero-order valence-electron chi connectivity index (χ0n) is 17.1. The Balaban J connectivity index is 0.00000184. The second kappa shape index (κ2) is 15.5. The summed E-state index contributed by atoms with van der Waals surface area (Å²) in [6.45, 7) is 2.57.